The molecule has 0 heterocycles. The van der Waals surface area contributed by atoms with Gasteiger partial charge in [-0.15, -0.1) is 0 Å². The Morgan fingerprint density at radius 2 is 1.81 bits per heavy atom. The lowest BCUT2D eigenvalue weighted by Crippen LogP contribution is -2.48. The molecule has 0 nitrogen and oxygen atoms in total. The van der Waals surface area contributed by atoms with E-state index in [2.05, 4.69) is 34.3 Å². The summed E-state index contributed by atoms with van der Waals surface area (Å²) in [5.74, 6) is 1.77. The highest BCUT2D eigenvalue weighted by Gasteiger charge is 2.67. The fourth-order valence-corrected chi connectivity index (χ4v) is 5.71. The van der Waals surface area contributed by atoms with Crippen molar-refractivity contribution < 1.29 is 0 Å². The van der Waals surface area contributed by atoms with E-state index >= 15 is 0 Å². The van der Waals surface area contributed by atoms with Gasteiger partial charge >= 0.3 is 0 Å². The summed E-state index contributed by atoms with van der Waals surface area (Å²) in [6.45, 7) is 14.5. The van der Waals surface area contributed by atoms with Crippen molar-refractivity contribution in [3.8, 4) is 0 Å². The van der Waals surface area contributed by atoms with Gasteiger partial charge in [0.1, 0.15) is 0 Å². The second kappa shape index (κ2) is 2.76. The molecule has 0 aliphatic heterocycles. The Morgan fingerprint density at radius 3 is 2.44 bits per heavy atom. The van der Waals surface area contributed by atoms with Crippen LogP contribution in [0, 0.1) is 28.1 Å². The third-order valence-corrected chi connectivity index (χ3v) is 6.73. The van der Waals surface area contributed by atoms with E-state index in [-0.39, 0.29) is 0 Å². The van der Waals surface area contributed by atoms with E-state index in [0.29, 0.717) is 16.2 Å². The molecule has 3 rings (SSSR count). The standard InChI is InChI=1S/C16H26/c1-11-6-8-14(2,3)16-9-7-12(10-16)15(4,5)13(11)16/h12-13H,1,6-10H2,2-5H3. The maximum atomic E-state index is 4.43. The highest BCUT2D eigenvalue weighted by atomic mass is 14.7. The zero-order valence-electron chi connectivity index (χ0n) is 11.4. The van der Waals surface area contributed by atoms with Gasteiger partial charge in [0.05, 0.1) is 0 Å². The van der Waals surface area contributed by atoms with Crippen molar-refractivity contribution in [3.63, 3.8) is 0 Å². The molecule has 3 unspecified atom stereocenters. The number of hydrogen-bond donors (Lipinski definition) is 0. The molecule has 0 saturated heterocycles. The Hall–Kier alpha value is -0.260. The van der Waals surface area contributed by atoms with E-state index in [4.69, 9.17) is 0 Å². The first-order chi connectivity index (χ1) is 7.31. The molecule has 3 saturated carbocycles. The Kier molecular flexibility index (Phi) is 1.88. The number of fused-ring (bicyclic) bond motifs is 1. The second-order valence-corrected chi connectivity index (χ2v) is 7.89. The molecule has 0 aromatic heterocycles. The van der Waals surface area contributed by atoms with Crippen LogP contribution in [-0.4, -0.2) is 0 Å². The predicted molar refractivity (Wildman–Crippen MR) is 69.2 cm³/mol. The van der Waals surface area contributed by atoms with E-state index in [1.807, 2.05) is 0 Å². The Morgan fingerprint density at radius 1 is 1.12 bits per heavy atom. The van der Waals surface area contributed by atoms with Crippen molar-refractivity contribution in [2.45, 2.75) is 59.8 Å². The highest BCUT2D eigenvalue weighted by Crippen LogP contribution is 2.76. The molecule has 3 aliphatic carbocycles. The Bertz CT molecular complexity index is 347. The lowest BCUT2D eigenvalue weighted by Gasteiger charge is -2.56. The largest absolute Gasteiger partial charge is 0.0995 e. The molecule has 2 bridgehead atoms. The minimum Gasteiger partial charge on any atom is -0.0995 e. The third-order valence-electron chi connectivity index (χ3n) is 6.73. The summed E-state index contributed by atoms with van der Waals surface area (Å²) in [5.41, 5.74) is 3.25. The van der Waals surface area contributed by atoms with Crippen molar-refractivity contribution in [2.75, 3.05) is 0 Å². The maximum Gasteiger partial charge on any atom is -0.00901 e. The molecule has 16 heavy (non-hydrogen) atoms. The van der Waals surface area contributed by atoms with Crippen LogP contribution in [0.4, 0.5) is 0 Å². The Balaban J connectivity index is 2.14. The molecule has 90 valence electrons. The molecule has 0 radical (unpaired) electrons. The van der Waals surface area contributed by atoms with Crippen LogP contribution in [0.1, 0.15) is 59.8 Å². The van der Waals surface area contributed by atoms with Gasteiger partial charge in [-0.3, -0.25) is 0 Å². The fourth-order valence-electron chi connectivity index (χ4n) is 5.71. The molecule has 3 fully saturated rings. The zero-order chi connectivity index (χ0) is 11.8. The van der Waals surface area contributed by atoms with Gasteiger partial charge in [-0.1, -0.05) is 39.8 Å². The summed E-state index contributed by atoms with van der Waals surface area (Å²) in [5, 5.41) is 0. The average molecular weight is 218 g/mol. The fraction of sp³-hybridized carbons (Fsp3) is 0.875. The predicted octanol–water partition coefficient (Wildman–Crippen LogP) is 4.81. The average Bonchev–Trinajstić information content (AvgIpc) is 2.67. The van der Waals surface area contributed by atoms with E-state index in [1.54, 1.807) is 5.57 Å². The van der Waals surface area contributed by atoms with E-state index in [1.165, 1.54) is 32.1 Å². The van der Waals surface area contributed by atoms with Crippen molar-refractivity contribution in [1.82, 2.24) is 0 Å². The summed E-state index contributed by atoms with van der Waals surface area (Å²) in [4.78, 5) is 0. The lowest BCUT2D eigenvalue weighted by atomic mass is 9.48. The summed E-state index contributed by atoms with van der Waals surface area (Å²) >= 11 is 0. The van der Waals surface area contributed by atoms with Crippen LogP contribution in [-0.2, 0) is 0 Å². The van der Waals surface area contributed by atoms with E-state index < -0.39 is 0 Å². The van der Waals surface area contributed by atoms with Crippen LogP contribution in [0.2, 0.25) is 0 Å². The molecule has 0 aromatic rings. The van der Waals surface area contributed by atoms with E-state index in [9.17, 15) is 0 Å². The minimum atomic E-state index is 0.521. The van der Waals surface area contributed by atoms with Crippen LogP contribution >= 0.6 is 0 Å². The van der Waals surface area contributed by atoms with Gasteiger partial charge in [0.25, 0.3) is 0 Å². The first kappa shape index (κ1) is 10.9. The molecule has 0 amide bonds. The van der Waals surface area contributed by atoms with Crippen molar-refractivity contribution >= 4 is 0 Å². The van der Waals surface area contributed by atoms with Crippen LogP contribution < -0.4 is 0 Å². The van der Waals surface area contributed by atoms with Crippen LogP contribution in [0.3, 0.4) is 0 Å². The molecule has 3 atom stereocenters. The summed E-state index contributed by atoms with van der Waals surface area (Å²) in [7, 11) is 0. The van der Waals surface area contributed by atoms with Crippen LogP contribution in [0.25, 0.3) is 0 Å². The number of allylic oxidation sites excluding steroid dienone is 1. The first-order valence-corrected chi connectivity index (χ1v) is 6.99. The zero-order valence-corrected chi connectivity index (χ0v) is 11.4. The van der Waals surface area contributed by atoms with Gasteiger partial charge in [0, 0.05) is 0 Å². The quantitative estimate of drug-likeness (QED) is 0.512. The molecule has 1 spiro atoms. The molecular formula is C16H26. The highest BCUT2D eigenvalue weighted by molar-refractivity contribution is 5.27. The smallest absolute Gasteiger partial charge is 0.00901 e. The van der Waals surface area contributed by atoms with Crippen molar-refractivity contribution in [1.29, 1.82) is 0 Å². The third kappa shape index (κ3) is 0.978. The topological polar surface area (TPSA) is 0 Å². The van der Waals surface area contributed by atoms with Gasteiger partial charge in [0.15, 0.2) is 0 Å². The SMILES string of the molecule is C=C1CCC(C)(C)C23CCC(C2)C(C)(C)C13. The van der Waals surface area contributed by atoms with Crippen LogP contribution in [0.15, 0.2) is 12.2 Å². The number of hydrogen-bond acceptors (Lipinski definition) is 0. The molecule has 0 aromatic carbocycles. The number of rotatable bonds is 0. The van der Waals surface area contributed by atoms with Gasteiger partial charge < -0.3 is 0 Å². The second-order valence-electron chi connectivity index (χ2n) is 7.89. The molecule has 3 aliphatic rings. The first-order valence-electron chi connectivity index (χ1n) is 6.99. The van der Waals surface area contributed by atoms with Gasteiger partial charge in [-0.05, 0) is 60.2 Å². The van der Waals surface area contributed by atoms with Gasteiger partial charge in [-0.25, -0.2) is 0 Å². The monoisotopic (exact) mass is 218 g/mol. The maximum absolute atomic E-state index is 4.43. The summed E-state index contributed by atoms with van der Waals surface area (Å²) in [6, 6.07) is 0. The van der Waals surface area contributed by atoms with Gasteiger partial charge in [0.2, 0.25) is 0 Å². The lowest BCUT2D eigenvalue weighted by molar-refractivity contribution is -0.0332. The van der Waals surface area contributed by atoms with Crippen molar-refractivity contribution in [3.05, 3.63) is 12.2 Å². The molecule has 0 heteroatoms. The van der Waals surface area contributed by atoms with Crippen molar-refractivity contribution in [2.24, 2.45) is 28.1 Å². The summed E-state index contributed by atoms with van der Waals surface area (Å²) in [6.07, 6.45) is 7.06. The van der Waals surface area contributed by atoms with E-state index in [0.717, 1.165) is 11.8 Å². The Labute approximate surface area is 101 Å². The normalized spacial score (nSPS) is 48.1. The summed E-state index contributed by atoms with van der Waals surface area (Å²) < 4.78 is 0. The molecular weight excluding hydrogens is 192 g/mol. The van der Waals surface area contributed by atoms with Crippen LogP contribution in [0.5, 0.6) is 0 Å². The minimum absolute atomic E-state index is 0.521. The van der Waals surface area contributed by atoms with Gasteiger partial charge in [-0.2, -0.15) is 0 Å². The molecule has 0 N–H and O–H groups in total.